The van der Waals surface area contributed by atoms with Gasteiger partial charge in [-0.1, -0.05) is 18.5 Å². The lowest BCUT2D eigenvalue weighted by atomic mass is 10.1. The van der Waals surface area contributed by atoms with Gasteiger partial charge in [-0.3, -0.25) is 0 Å². The van der Waals surface area contributed by atoms with Crippen molar-refractivity contribution in [2.24, 2.45) is 5.92 Å². The third-order valence-corrected chi connectivity index (χ3v) is 3.73. The van der Waals surface area contributed by atoms with E-state index in [1.54, 1.807) is 6.20 Å². The third-order valence-electron chi connectivity index (χ3n) is 2.78. The summed E-state index contributed by atoms with van der Waals surface area (Å²) < 4.78 is 13.4. The Hall–Kier alpha value is -0.380. The minimum Gasteiger partial charge on any atom is -0.364 e. The van der Waals surface area contributed by atoms with E-state index in [-0.39, 0.29) is 17.6 Å². The summed E-state index contributed by atoms with van der Waals surface area (Å²) in [5, 5.41) is 6.64. The molecule has 19 heavy (non-hydrogen) atoms. The van der Waals surface area contributed by atoms with Crippen LogP contribution in [-0.4, -0.2) is 11.8 Å². The van der Waals surface area contributed by atoms with Crippen molar-refractivity contribution in [1.82, 2.24) is 10.6 Å². The van der Waals surface area contributed by atoms with Gasteiger partial charge in [-0.05, 0) is 19.3 Å². The summed E-state index contributed by atoms with van der Waals surface area (Å²) in [6, 6.07) is 0. The first kappa shape index (κ1) is 16.7. The van der Waals surface area contributed by atoms with Crippen molar-refractivity contribution in [3.8, 4) is 0 Å². The van der Waals surface area contributed by atoms with Crippen molar-refractivity contribution >= 4 is 34.8 Å². The molecule has 2 nitrogen and oxygen atoms in total. The van der Waals surface area contributed by atoms with Gasteiger partial charge in [-0.15, -0.1) is 23.2 Å². The molecule has 0 aromatic heterocycles. The highest BCUT2D eigenvalue weighted by Crippen LogP contribution is 2.23. The van der Waals surface area contributed by atoms with Gasteiger partial charge in [-0.2, -0.15) is 0 Å². The Morgan fingerprint density at radius 1 is 1.47 bits per heavy atom. The largest absolute Gasteiger partial charge is 0.364 e. The Bertz CT molecular complexity index is 391. The Morgan fingerprint density at radius 2 is 2.21 bits per heavy atom. The van der Waals surface area contributed by atoms with E-state index in [1.165, 1.54) is 6.20 Å². The second kappa shape index (κ2) is 8.72. The first-order chi connectivity index (χ1) is 9.08. The second-order valence-electron chi connectivity index (χ2n) is 4.41. The maximum atomic E-state index is 13.4. The molecule has 0 radical (unpaired) electrons. The van der Waals surface area contributed by atoms with Gasteiger partial charge in [0.1, 0.15) is 5.83 Å². The summed E-state index contributed by atoms with van der Waals surface area (Å²) in [5.74, 6) is 0.495. The van der Waals surface area contributed by atoms with Gasteiger partial charge in [0.25, 0.3) is 0 Å². The molecule has 2 N–H and O–H groups in total. The van der Waals surface area contributed by atoms with Crippen LogP contribution in [0.5, 0.6) is 0 Å². The zero-order valence-corrected chi connectivity index (χ0v) is 13.0. The molecule has 0 saturated carbocycles. The fourth-order valence-corrected chi connectivity index (χ4v) is 2.36. The molecule has 1 unspecified atom stereocenters. The Kier molecular flexibility index (Phi) is 7.66. The van der Waals surface area contributed by atoms with Gasteiger partial charge >= 0.3 is 0 Å². The van der Waals surface area contributed by atoms with Crippen LogP contribution in [0.2, 0.25) is 0 Å². The predicted molar refractivity (Wildman–Crippen MR) is 80.9 cm³/mol. The molecule has 0 amide bonds. The lowest BCUT2D eigenvalue weighted by Crippen LogP contribution is -2.18. The summed E-state index contributed by atoms with van der Waals surface area (Å²) in [5.41, 5.74) is 1.60. The topological polar surface area (TPSA) is 24.1 Å². The lowest BCUT2D eigenvalue weighted by Gasteiger charge is -2.15. The van der Waals surface area contributed by atoms with E-state index in [9.17, 15) is 4.39 Å². The van der Waals surface area contributed by atoms with E-state index >= 15 is 0 Å². The SMILES string of the molecule is CC1CC(N/C(CCl)=C(\Cl)CCCCl)=CNC=C1F. The molecule has 1 heterocycles. The molecule has 0 saturated heterocycles. The maximum absolute atomic E-state index is 13.4. The first-order valence-electron chi connectivity index (χ1n) is 6.15. The van der Waals surface area contributed by atoms with Gasteiger partial charge in [0.05, 0.1) is 5.88 Å². The van der Waals surface area contributed by atoms with Crippen LogP contribution in [0.3, 0.4) is 0 Å². The molecule has 1 aliphatic rings. The molecule has 108 valence electrons. The van der Waals surface area contributed by atoms with Crippen LogP contribution in [0.4, 0.5) is 4.39 Å². The van der Waals surface area contributed by atoms with E-state index in [0.717, 1.165) is 17.8 Å². The van der Waals surface area contributed by atoms with Crippen LogP contribution >= 0.6 is 34.8 Å². The normalized spacial score (nSPS) is 20.8. The monoisotopic (exact) mass is 326 g/mol. The quantitative estimate of drug-likeness (QED) is 0.699. The molecule has 1 aliphatic heterocycles. The predicted octanol–water partition coefficient (Wildman–Crippen LogP) is 4.57. The van der Waals surface area contributed by atoms with Gasteiger partial charge < -0.3 is 10.6 Å². The van der Waals surface area contributed by atoms with Crippen molar-refractivity contribution in [2.75, 3.05) is 11.8 Å². The van der Waals surface area contributed by atoms with Gasteiger partial charge in [-0.25, -0.2) is 4.39 Å². The first-order valence-corrected chi connectivity index (χ1v) is 7.60. The van der Waals surface area contributed by atoms with E-state index in [4.69, 9.17) is 34.8 Å². The summed E-state index contributed by atoms with van der Waals surface area (Å²) in [7, 11) is 0. The van der Waals surface area contributed by atoms with Gasteiger partial charge in [0, 0.05) is 40.6 Å². The molecule has 0 fully saturated rings. The number of hydrogen-bond donors (Lipinski definition) is 2. The maximum Gasteiger partial charge on any atom is 0.119 e. The molecule has 0 bridgehead atoms. The third kappa shape index (κ3) is 5.64. The minimum atomic E-state index is -0.174. The summed E-state index contributed by atoms with van der Waals surface area (Å²) in [6.07, 6.45) is 5.13. The Balaban J connectivity index is 2.69. The van der Waals surface area contributed by atoms with Crippen molar-refractivity contribution < 1.29 is 4.39 Å². The van der Waals surface area contributed by atoms with Gasteiger partial charge in [0.2, 0.25) is 0 Å². The molecule has 0 aromatic rings. The number of halogens is 4. The Labute approximate surface area is 128 Å². The standard InChI is InChI=1S/C13H18Cl3FN2/c1-9-5-10(7-18-8-12(9)17)19-13(6-15)11(16)3-2-4-14/h7-9,18-19H,2-6H2,1H3/b13-11-. The number of nitrogens with one attached hydrogen (secondary N) is 2. The van der Waals surface area contributed by atoms with E-state index in [2.05, 4.69) is 10.6 Å². The molecule has 0 aliphatic carbocycles. The van der Waals surface area contributed by atoms with E-state index in [1.807, 2.05) is 6.92 Å². The van der Waals surface area contributed by atoms with Crippen LogP contribution < -0.4 is 10.6 Å². The van der Waals surface area contributed by atoms with Crippen LogP contribution in [-0.2, 0) is 0 Å². The number of rotatable bonds is 6. The highest BCUT2D eigenvalue weighted by atomic mass is 35.5. The van der Waals surface area contributed by atoms with Crippen LogP contribution in [0.15, 0.2) is 34.7 Å². The average Bonchev–Trinajstić information content (AvgIpc) is 2.55. The fraction of sp³-hybridized carbons (Fsp3) is 0.538. The number of hydrogen-bond acceptors (Lipinski definition) is 2. The summed E-state index contributed by atoms with van der Waals surface area (Å²) >= 11 is 17.7. The van der Waals surface area contributed by atoms with Crippen molar-refractivity contribution in [1.29, 1.82) is 0 Å². The fourth-order valence-electron chi connectivity index (χ4n) is 1.68. The second-order valence-corrected chi connectivity index (χ2v) is 5.51. The molecule has 0 spiro atoms. The molecule has 1 rings (SSSR count). The average molecular weight is 328 g/mol. The zero-order valence-electron chi connectivity index (χ0n) is 10.8. The molecule has 1 atom stereocenters. The van der Waals surface area contributed by atoms with Gasteiger partial charge in [0.15, 0.2) is 0 Å². The zero-order chi connectivity index (χ0) is 14.3. The minimum absolute atomic E-state index is 0.169. The lowest BCUT2D eigenvalue weighted by molar-refractivity contribution is 0.484. The van der Waals surface area contributed by atoms with Crippen molar-refractivity contribution in [2.45, 2.75) is 26.2 Å². The molecular formula is C13H18Cl3FN2. The van der Waals surface area contributed by atoms with Crippen LogP contribution in [0, 0.1) is 5.92 Å². The molecular weight excluding hydrogens is 310 g/mol. The summed E-state index contributed by atoms with van der Waals surface area (Å²) in [4.78, 5) is 0. The number of allylic oxidation sites excluding steroid dienone is 4. The molecule has 6 heteroatoms. The highest BCUT2D eigenvalue weighted by Gasteiger charge is 2.15. The number of alkyl halides is 2. The molecule has 0 aromatic carbocycles. The van der Waals surface area contributed by atoms with Crippen molar-refractivity contribution in [3.63, 3.8) is 0 Å². The highest BCUT2D eigenvalue weighted by molar-refractivity contribution is 6.31. The smallest absolute Gasteiger partial charge is 0.119 e. The van der Waals surface area contributed by atoms with E-state index < -0.39 is 0 Å². The Morgan fingerprint density at radius 3 is 2.84 bits per heavy atom. The van der Waals surface area contributed by atoms with Crippen molar-refractivity contribution in [3.05, 3.63) is 34.7 Å². The van der Waals surface area contributed by atoms with Crippen LogP contribution in [0.25, 0.3) is 0 Å². The van der Waals surface area contributed by atoms with Crippen LogP contribution in [0.1, 0.15) is 26.2 Å². The van der Waals surface area contributed by atoms with E-state index in [0.29, 0.717) is 23.8 Å². The summed E-state index contributed by atoms with van der Waals surface area (Å²) in [6.45, 7) is 1.83.